The van der Waals surface area contributed by atoms with Crippen molar-refractivity contribution in [3.63, 3.8) is 0 Å². The Morgan fingerprint density at radius 1 is 1.22 bits per heavy atom. The third-order valence-electron chi connectivity index (χ3n) is 4.77. The van der Waals surface area contributed by atoms with E-state index in [4.69, 9.17) is 0 Å². The molecule has 1 aromatic rings. The van der Waals surface area contributed by atoms with E-state index in [0.29, 0.717) is 16.9 Å². The lowest BCUT2D eigenvalue weighted by Gasteiger charge is -2.33. The summed E-state index contributed by atoms with van der Waals surface area (Å²) in [5.41, 5.74) is 1.06. The monoisotopic (exact) mass is 340 g/mol. The summed E-state index contributed by atoms with van der Waals surface area (Å²) in [5.74, 6) is 0.319. The Labute approximate surface area is 139 Å². The molecular weight excluding hydrogens is 312 g/mol. The van der Waals surface area contributed by atoms with E-state index in [0.717, 1.165) is 18.4 Å². The maximum absolute atomic E-state index is 12.1. The molecule has 0 heterocycles. The quantitative estimate of drug-likeness (QED) is 0.832. The van der Waals surface area contributed by atoms with Gasteiger partial charge < -0.3 is 10.4 Å². The molecule has 2 N–H and O–H groups in total. The minimum atomic E-state index is -3.38. The molecule has 1 fully saturated rings. The predicted molar refractivity (Wildman–Crippen MR) is 91.7 cm³/mol. The van der Waals surface area contributed by atoms with Crippen molar-refractivity contribution < 1.29 is 13.5 Å². The maximum Gasteiger partial charge on any atom is 0.242 e. The molecule has 1 aliphatic carbocycles. The first-order valence-corrected chi connectivity index (χ1v) is 9.69. The number of hydrogen-bond donors (Lipinski definition) is 2. The second-order valence-corrected chi connectivity index (χ2v) is 8.73. The van der Waals surface area contributed by atoms with Gasteiger partial charge in [-0.15, -0.1) is 0 Å². The first-order chi connectivity index (χ1) is 10.9. The van der Waals surface area contributed by atoms with Crippen molar-refractivity contribution in [2.75, 3.05) is 20.7 Å². The van der Waals surface area contributed by atoms with Gasteiger partial charge in [0.1, 0.15) is 0 Å². The molecule has 1 aromatic carbocycles. The Hall–Kier alpha value is -0.950. The zero-order chi connectivity index (χ0) is 17.0. The minimum Gasteiger partial charge on any atom is -0.396 e. The van der Waals surface area contributed by atoms with Crippen molar-refractivity contribution in [1.29, 1.82) is 0 Å². The van der Waals surface area contributed by atoms with E-state index in [-0.39, 0.29) is 12.6 Å². The van der Waals surface area contributed by atoms with Crippen molar-refractivity contribution in [3.05, 3.63) is 29.8 Å². The van der Waals surface area contributed by atoms with Crippen molar-refractivity contribution in [1.82, 2.24) is 9.62 Å². The van der Waals surface area contributed by atoms with Crippen LogP contribution in [-0.4, -0.2) is 44.6 Å². The van der Waals surface area contributed by atoms with Gasteiger partial charge in [-0.3, -0.25) is 0 Å². The number of sulfonamides is 1. The molecule has 5 nitrogen and oxygen atoms in total. The van der Waals surface area contributed by atoms with E-state index in [1.54, 1.807) is 12.1 Å². The fraction of sp³-hybridized carbons (Fsp3) is 0.647. The number of aliphatic hydroxyl groups is 1. The summed E-state index contributed by atoms with van der Waals surface area (Å²) in [6.45, 7) is 2.31. The smallest absolute Gasteiger partial charge is 0.242 e. The fourth-order valence-electron chi connectivity index (χ4n) is 3.20. The summed E-state index contributed by atoms with van der Waals surface area (Å²) in [7, 11) is -0.313. The van der Waals surface area contributed by atoms with Crippen LogP contribution in [0.4, 0.5) is 0 Å². The highest BCUT2D eigenvalue weighted by Gasteiger charge is 2.26. The molecule has 1 saturated carbocycles. The molecule has 23 heavy (non-hydrogen) atoms. The van der Waals surface area contributed by atoms with Crippen LogP contribution in [0, 0.1) is 5.92 Å². The van der Waals surface area contributed by atoms with Crippen LogP contribution in [0.25, 0.3) is 0 Å². The summed E-state index contributed by atoms with van der Waals surface area (Å²) >= 11 is 0. The van der Waals surface area contributed by atoms with E-state index < -0.39 is 10.0 Å². The van der Waals surface area contributed by atoms with Crippen molar-refractivity contribution >= 4 is 10.0 Å². The van der Waals surface area contributed by atoms with Crippen LogP contribution in [0.3, 0.4) is 0 Å². The molecule has 0 amide bonds. The van der Waals surface area contributed by atoms with Crippen molar-refractivity contribution in [3.8, 4) is 0 Å². The van der Waals surface area contributed by atoms with E-state index in [2.05, 4.69) is 12.2 Å². The number of nitrogens with zero attached hydrogens (tertiary/aromatic N) is 1. The predicted octanol–water partition coefficient (Wildman–Crippen LogP) is 2.14. The summed E-state index contributed by atoms with van der Waals surface area (Å²) in [4.78, 5) is 0.310. The molecule has 130 valence electrons. The zero-order valence-corrected chi connectivity index (χ0v) is 15.0. The molecule has 0 spiro atoms. The second kappa shape index (κ2) is 7.75. The van der Waals surface area contributed by atoms with Crippen LogP contribution in [0.1, 0.15) is 44.2 Å². The first kappa shape index (κ1) is 18.4. The van der Waals surface area contributed by atoms with Gasteiger partial charge >= 0.3 is 0 Å². The summed E-state index contributed by atoms with van der Waals surface area (Å²) in [6, 6.07) is 7.51. The van der Waals surface area contributed by atoms with Gasteiger partial charge in [-0.2, -0.15) is 0 Å². The van der Waals surface area contributed by atoms with Crippen LogP contribution in [0.5, 0.6) is 0 Å². The van der Waals surface area contributed by atoms with Gasteiger partial charge in [0.2, 0.25) is 10.0 Å². The molecule has 0 aromatic heterocycles. The second-order valence-electron chi connectivity index (χ2n) is 6.58. The Bertz CT molecular complexity index is 599. The standard InChI is InChI=1S/C17H28N2O3S/c1-13(18-17-7-5-4-6-15(17)12-20)14-8-10-16(11-9-14)23(21,22)19(2)3/h8-11,13,15,17-18,20H,4-7,12H2,1-3H3. The van der Waals surface area contributed by atoms with Gasteiger partial charge in [-0.1, -0.05) is 25.0 Å². The van der Waals surface area contributed by atoms with Crippen LogP contribution in [0.15, 0.2) is 29.2 Å². The van der Waals surface area contributed by atoms with Crippen LogP contribution < -0.4 is 5.32 Å². The molecule has 0 radical (unpaired) electrons. The average molecular weight is 340 g/mol. The number of hydrogen-bond acceptors (Lipinski definition) is 4. The van der Waals surface area contributed by atoms with Gasteiger partial charge in [0.25, 0.3) is 0 Å². The summed E-state index contributed by atoms with van der Waals surface area (Å²) < 4.78 is 25.4. The van der Waals surface area contributed by atoms with Crippen molar-refractivity contribution in [2.45, 2.75) is 49.6 Å². The molecule has 6 heteroatoms. The molecule has 0 saturated heterocycles. The molecule has 3 atom stereocenters. The topological polar surface area (TPSA) is 69.6 Å². The van der Waals surface area contributed by atoms with Gasteiger partial charge in [-0.05, 0) is 43.4 Å². The lowest BCUT2D eigenvalue weighted by Crippen LogP contribution is -2.41. The summed E-state index contributed by atoms with van der Waals surface area (Å²) in [5, 5.41) is 13.1. The van der Waals surface area contributed by atoms with Gasteiger partial charge in [0, 0.05) is 32.8 Å². The van der Waals surface area contributed by atoms with E-state index in [1.807, 2.05) is 12.1 Å². The van der Waals surface area contributed by atoms with Crippen LogP contribution in [0.2, 0.25) is 0 Å². The van der Waals surface area contributed by atoms with Crippen LogP contribution in [-0.2, 0) is 10.0 Å². The molecule has 2 rings (SSSR count). The van der Waals surface area contributed by atoms with E-state index in [9.17, 15) is 13.5 Å². The lowest BCUT2D eigenvalue weighted by atomic mass is 9.84. The number of benzene rings is 1. The van der Waals surface area contributed by atoms with Crippen LogP contribution >= 0.6 is 0 Å². The molecule has 0 bridgehead atoms. The Balaban J connectivity index is 2.07. The van der Waals surface area contributed by atoms with E-state index in [1.165, 1.54) is 31.2 Å². The normalized spacial score (nSPS) is 23.9. The van der Waals surface area contributed by atoms with Crippen molar-refractivity contribution in [2.24, 2.45) is 5.92 Å². The molecule has 0 aliphatic heterocycles. The Kier molecular flexibility index (Phi) is 6.19. The number of nitrogens with one attached hydrogen (secondary N) is 1. The highest BCUT2D eigenvalue weighted by atomic mass is 32.2. The lowest BCUT2D eigenvalue weighted by molar-refractivity contribution is 0.147. The average Bonchev–Trinajstić information content (AvgIpc) is 2.55. The Morgan fingerprint density at radius 3 is 2.39 bits per heavy atom. The van der Waals surface area contributed by atoms with E-state index >= 15 is 0 Å². The SMILES string of the molecule is CC(NC1CCCCC1CO)c1ccc(S(=O)(=O)N(C)C)cc1. The molecular formula is C17H28N2O3S. The Morgan fingerprint density at radius 2 is 1.83 bits per heavy atom. The molecule has 3 unspecified atom stereocenters. The largest absolute Gasteiger partial charge is 0.396 e. The third-order valence-corrected chi connectivity index (χ3v) is 6.60. The first-order valence-electron chi connectivity index (χ1n) is 8.25. The van der Waals surface area contributed by atoms with Gasteiger partial charge in [0.05, 0.1) is 4.90 Å². The third kappa shape index (κ3) is 4.32. The summed E-state index contributed by atoms with van der Waals surface area (Å²) in [6.07, 6.45) is 4.54. The zero-order valence-electron chi connectivity index (χ0n) is 14.2. The molecule has 1 aliphatic rings. The highest BCUT2D eigenvalue weighted by molar-refractivity contribution is 7.89. The maximum atomic E-state index is 12.1. The van der Waals surface area contributed by atoms with Gasteiger partial charge in [-0.25, -0.2) is 12.7 Å². The fourth-order valence-corrected chi connectivity index (χ4v) is 4.10. The number of rotatable bonds is 6. The minimum absolute atomic E-state index is 0.128. The van der Waals surface area contributed by atoms with Gasteiger partial charge in [0.15, 0.2) is 0 Å². The number of aliphatic hydroxyl groups excluding tert-OH is 1. The highest BCUT2D eigenvalue weighted by Crippen LogP contribution is 2.27.